The third-order valence-corrected chi connectivity index (χ3v) is 5.63. The highest BCUT2D eigenvalue weighted by Crippen LogP contribution is 2.35. The fraction of sp³-hybridized carbons (Fsp3) is 0.429. The van der Waals surface area contributed by atoms with Crippen LogP contribution in [0.1, 0.15) is 47.8 Å². The van der Waals surface area contributed by atoms with E-state index in [2.05, 4.69) is 20.9 Å². The Morgan fingerprint density at radius 3 is 2.79 bits per heavy atom. The number of rotatable bonds is 3. The Hall–Kier alpha value is -2.98. The molecule has 0 atom stereocenters. The lowest BCUT2D eigenvalue weighted by Crippen LogP contribution is -2.42. The zero-order valence-electron chi connectivity index (χ0n) is 15.9. The smallest absolute Gasteiger partial charge is 0.168 e. The lowest BCUT2D eigenvalue weighted by Gasteiger charge is -2.38. The molecule has 1 fully saturated rings. The Morgan fingerprint density at radius 1 is 1.29 bits per heavy atom. The van der Waals surface area contributed by atoms with E-state index in [0.29, 0.717) is 37.2 Å². The summed E-state index contributed by atoms with van der Waals surface area (Å²) in [6.45, 7) is 3.99. The van der Waals surface area contributed by atoms with Gasteiger partial charge in [-0.3, -0.25) is 4.79 Å². The van der Waals surface area contributed by atoms with E-state index in [9.17, 15) is 15.2 Å². The number of aliphatic hydroxyl groups is 1. The number of hydrogen-bond acceptors (Lipinski definition) is 7. The van der Waals surface area contributed by atoms with Gasteiger partial charge in [-0.2, -0.15) is 5.26 Å². The molecule has 0 unspecified atom stereocenters. The van der Waals surface area contributed by atoms with Crippen LogP contribution in [0.2, 0.25) is 0 Å². The van der Waals surface area contributed by atoms with Gasteiger partial charge in [-0.05, 0) is 44.2 Å². The van der Waals surface area contributed by atoms with Gasteiger partial charge in [-0.1, -0.05) is 6.07 Å². The Labute approximate surface area is 164 Å². The van der Waals surface area contributed by atoms with Gasteiger partial charge in [-0.15, -0.1) is 0 Å². The highest BCUT2D eigenvalue weighted by molar-refractivity contribution is 5.75. The highest BCUT2D eigenvalue weighted by atomic mass is 16.3. The van der Waals surface area contributed by atoms with Gasteiger partial charge in [0.1, 0.15) is 23.4 Å². The third-order valence-electron chi connectivity index (χ3n) is 5.63. The quantitative estimate of drug-likeness (QED) is 0.822. The fourth-order valence-electron chi connectivity index (χ4n) is 3.90. The molecule has 144 valence electrons. The lowest BCUT2D eigenvalue weighted by molar-refractivity contribution is 0.0351. The van der Waals surface area contributed by atoms with Crippen molar-refractivity contribution in [2.75, 3.05) is 29.4 Å². The predicted molar refractivity (Wildman–Crippen MR) is 106 cm³/mol. The Balaban J connectivity index is 1.71. The van der Waals surface area contributed by atoms with Gasteiger partial charge in [0.2, 0.25) is 0 Å². The number of pyridine rings is 2. The second kappa shape index (κ2) is 7.21. The number of nitrogens with zero attached hydrogens (tertiary/aromatic N) is 5. The lowest BCUT2D eigenvalue weighted by atomic mass is 9.93. The van der Waals surface area contributed by atoms with Gasteiger partial charge in [0, 0.05) is 31.9 Å². The number of aryl methyl sites for hydroxylation is 1. The van der Waals surface area contributed by atoms with Crippen molar-refractivity contribution in [2.24, 2.45) is 0 Å². The summed E-state index contributed by atoms with van der Waals surface area (Å²) in [5.41, 5.74) is 2.20. The molecule has 0 bridgehead atoms. The topological polar surface area (TPSA) is 93.3 Å². The number of carbonyl (C=O) groups excluding carboxylic acids is 1. The maximum absolute atomic E-state index is 11.2. The minimum atomic E-state index is -0.653. The van der Waals surface area contributed by atoms with Crippen LogP contribution in [0.15, 0.2) is 24.4 Å². The van der Waals surface area contributed by atoms with Crippen molar-refractivity contribution in [3.05, 3.63) is 41.2 Å². The van der Waals surface area contributed by atoms with Crippen LogP contribution in [0.25, 0.3) is 0 Å². The van der Waals surface area contributed by atoms with Gasteiger partial charge >= 0.3 is 0 Å². The van der Waals surface area contributed by atoms with E-state index in [1.165, 1.54) is 0 Å². The van der Waals surface area contributed by atoms with Crippen molar-refractivity contribution in [1.82, 2.24) is 9.97 Å². The van der Waals surface area contributed by atoms with Gasteiger partial charge in [0.15, 0.2) is 6.29 Å². The summed E-state index contributed by atoms with van der Waals surface area (Å²) in [5, 5.41) is 19.8. The van der Waals surface area contributed by atoms with E-state index in [1.54, 1.807) is 12.3 Å². The molecule has 0 saturated carbocycles. The van der Waals surface area contributed by atoms with Crippen LogP contribution in [0.5, 0.6) is 0 Å². The summed E-state index contributed by atoms with van der Waals surface area (Å²) >= 11 is 0. The van der Waals surface area contributed by atoms with Gasteiger partial charge in [0.25, 0.3) is 0 Å². The van der Waals surface area contributed by atoms with Crippen molar-refractivity contribution in [3.8, 4) is 6.07 Å². The second-order valence-corrected chi connectivity index (χ2v) is 7.75. The van der Waals surface area contributed by atoms with Crippen LogP contribution in [0.3, 0.4) is 0 Å². The van der Waals surface area contributed by atoms with Crippen LogP contribution >= 0.6 is 0 Å². The van der Waals surface area contributed by atoms with E-state index in [1.807, 2.05) is 24.0 Å². The number of piperidine rings is 1. The Kier molecular flexibility index (Phi) is 4.73. The fourth-order valence-corrected chi connectivity index (χ4v) is 3.90. The normalized spacial score (nSPS) is 18.3. The van der Waals surface area contributed by atoms with Crippen molar-refractivity contribution in [1.29, 1.82) is 5.26 Å². The average Bonchev–Trinajstić information content (AvgIpc) is 2.72. The molecule has 7 heteroatoms. The highest BCUT2D eigenvalue weighted by Gasteiger charge is 2.29. The minimum absolute atomic E-state index is 0.401. The van der Waals surface area contributed by atoms with Gasteiger partial charge in [-0.25, -0.2) is 9.97 Å². The number of hydrogen-bond donors (Lipinski definition) is 1. The first-order valence-electron chi connectivity index (χ1n) is 9.61. The molecule has 2 aliphatic heterocycles. The first-order valence-corrected chi connectivity index (χ1v) is 9.61. The molecule has 4 rings (SSSR count). The molecule has 0 aromatic carbocycles. The molecule has 0 radical (unpaired) electrons. The van der Waals surface area contributed by atoms with Crippen molar-refractivity contribution in [3.63, 3.8) is 0 Å². The molecule has 2 aromatic rings. The molecular weight excluding hydrogens is 354 g/mol. The summed E-state index contributed by atoms with van der Waals surface area (Å²) in [7, 11) is 0. The zero-order valence-corrected chi connectivity index (χ0v) is 15.9. The molecule has 2 aliphatic rings. The number of anilines is 3. The molecule has 7 nitrogen and oxygen atoms in total. The largest absolute Gasteiger partial charge is 0.390 e. The molecular formula is C21H23N5O2. The van der Waals surface area contributed by atoms with Crippen LogP contribution in [-0.4, -0.2) is 46.6 Å². The summed E-state index contributed by atoms with van der Waals surface area (Å²) < 4.78 is 0. The average molecular weight is 377 g/mol. The number of aldehydes is 1. The maximum atomic E-state index is 11.2. The van der Waals surface area contributed by atoms with E-state index in [4.69, 9.17) is 0 Å². The first kappa shape index (κ1) is 18.4. The molecule has 0 amide bonds. The predicted octanol–water partition coefficient (Wildman–Crippen LogP) is 2.60. The molecule has 2 aromatic heterocycles. The maximum Gasteiger partial charge on any atom is 0.168 e. The van der Waals surface area contributed by atoms with Crippen LogP contribution in [-0.2, 0) is 6.42 Å². The third kappa shape index (κ3) is 3.43. The summed E-state index contributed by atoms with van der Waals surface area (Å²) in [5.74, 6) is 1.49. The summed E-state index contributed by atoms with van der Waals surface area (Å²) in [6.07, 6.45) is 5.57. The van der Waals surface area contributed by atoms with E-state index < -0.39 is 5.60 Å². The standard InChI is InChI=1S/C21H23N5O2/c1-21(28)6-9-25(10-7-21)18-11-19(23-13-16(18)12-22)26-8-2-3-15-4-5-17(14-27)24-20(15)26/h4-5,11,13-14,28H,2-3,6-10H2,1H3. The summed E-state index contributed by atoms with van der Waals surface area (Å²) in [6, 6.07) is 7.86. The number of carbonyl (C=O) groups is 1. The summed E-state index contributed by atoms with van der Waals surface area (Å²) in [4.78, 5) is 24.3. The van der Waals surface area contributed by atoms with E-state index >= 15 is 0 Å². The van der Waals surface area contributed by atoms with Crippen LogP contribution in [0, 0.1) is 11.3 Å². The van der Waals surface area contributed by atoms with Crippen molar-refractivity contribution < 1.29 is 9.90 Å². The van der Waals surface area contributed by atoms with Crippen molar-refractivity contribution in [2.45, 2.75) is 38.2 Å². The van der Waals surface area contributed by atoms with Gasteiger partial charge < -0.3 is 14.9 Å². The molecule has 28 heavy (non-hydrogen) atoms. The monoisotopic (exact) mass is 377 g/mol. The van der Waals surface area contributed by atoms with Gasteiger partial charge in [0.05, 0.1) is 16.9 Å². The van der Waals surface area contributed by atoms with Crippen LogP contribution in [0.4, 0.5) is 17.3 Å². The molecule has 1 N–H and O–H groups in total. The molecule has 0 aliphatic carbocycles. The first-order chi connectivity index (χ1) is 13.5. The van der Waals surface area contributed by atoms with E-state index in [-0.39, 0.29) is 0 Å². The molecule has 1 saturated heterocycles. The minimum Gasteiger partial charge on any atom is -0.390 e. The Morgan fingerprint density at radius 2 is 2.07 bits per heavy atom. The number of aromatic nitrogens is 2. The van der Waals surface area contributed by atoms with Crippen LogP contribution < -0.4 is 9.80 Å². The Bertz CT molecular complexity index is 940. The molecule has 0 spiro atoms. The van der Waals surface area contributed by atoms with Crippen molar-refractivity contribution >= 4 is 23.6 Å². The SMILES string of the molecule is CC1(O)CCN(c2cc(N3CCCc4ccc(C=O)nc43)ncc2C#N)CC1. The molecule has 4 heterocycles. The van der Waals surface area contributed by atoms with E-state index in [0.717, 1.165) is 48.6 Å². The number of nitriles is 1. The second-order valence-electron chi connectivity index (χ2n) is 7.75. The zero-order chi connectivity index (χ0) is 19.7. The number of fused-ring (bicyclic) bond motifs is 1.